The van der Waals surface area contributed by atoms with Crippen LogP contribution in [-0.2, 0) is 23.9 Å². The lowest BCUT2D eigenvalue weighted by molar-refractivity contribution is -0.137. The van der Waals surface area contributed by atoms with Gasteiger partial charge < -0.3 is 9.42 Å². The van der Waals surface area contributed by atoms with Crippen LogP contribution in [0.5, 0.6) is 0 Å². The standard InChI is InChI=1S/C19H17F3N4O2/c1-26(12-13-2-4-15(5-3-13)19(20,21)22)17(27)7-6-16-24-18(25-28-16)14-8-10-23-11-9-14/h2-5,8-11H,6-7,12H2,1H3. The number of hydrogen-bond acceptors (Lipinski definition) is 5. The molecule has 0 unspecified atom stereocenters. The second kappa shape index (κ2) is 8.20. The van der Waals surface area contributed by atoms with Crippen LogP contribution in [0.1, 0.15) is 23.4 Å². The fraction of sp³-hybridized carbons (Fsp3) is 0.263. The Labute approximate surface area is 159 Å². The summed E-state index contributed by atoms with van der Waals surface area (Å²) in [6.45, 7) is 0.211. The van der Waals surface area contributed by atoms with E-state index >= 15 is 0 Å². The quantitative estimate of drug-likeness (QED) is 0.641. The topological polar surface area (TPSA) is 72.1 Å². The third kappa shape index (κ3) is 4.93. The van der Waals surface area contributed by atoms with Gasteiger partial charge in [-0.05, 0) is 29.8 Å². The van der Waals surface area contributed by atoms with E-state index in [0.29, 0.717) is 17.3 Å². The summed E-state index contributed by atoms with van der Waals surface area (Å²) in [6.07, 6.45) is -0.723. The van der Waals surface area contributed by atoms with E-state index in [-0.39, 0.29) is 25.3 Å². The normalized spacial score (nSPS) is 11.4. The molecule has 3 rings (SSSR count). The molecule has 0 bridgehead atoms. The molecule has 0 atom stereocenters. The monoisotopic (exact) mass is 390 g/mol. The molecule has 1 amide bonds. The van der Waals surface area contributed by atoms with Gasteiger partial charge in [-0.2, -0.15) is 18.2 Å². The van der Waals surface area contributed by atoms with Crippen molar-refractivity contribution in [2.24, 2.45) is 0 Å². The minimum absolute atomic E-state index is 0.148. The Morgan fingerprint density at radius 1 is 1.11 bits per heavy atom. The largest absolute Gasteiger partial charge is 0.416 e. The molecular formula is C19H17F3N4O2. The second-order valence-corrected chi connectivity index (χ2v) is 6.19. The number of alkyl halides is 3. The van der Waals surface area contributed by atoms with E-state index in [1.807, 2.05) is 0 Å². The van der Waals surface area contributed by atoms with Crippen LogP contribution in [0.3, 0.4) is 0 Å². The van der Waals surface area contributed by atoms with Gasteiger partial charge in [-0.15, -0.1) is 0 Å². The van der Waals surface area contributed by atoms with Crippen molar-refractivity contribution in [2.45, 2.75) is 25.6 Å². The maximum Gasteiger partial charge on any atom is 0.416 e. The molecule has 146 valence electrons. The summed E-state index contributed by atoms with van der Waals surface area (Å²) in [5, 5.41) is 3.87. The number of benzene rings is 1. The molecule has 0 saturated carbocycles. The van der Waals surface area contributed by atoms with Crippen molar-refractivity contribution < 1.29 is 22.5 Å². The number of aromatic nitrogens is 3. The average molecular weight is 390 g/mol. The number of carbonyl (C=O) groups is 1. The number of hydrogen-bond donors (Lipinski definition) is 0. The average Bonchev–Trinajstić information content (AvgIpc) is 3.15. The maximum absolute atomic E-state index is 12.6. The summed E-state index contributed by atoms with van der Waals surface area (Å²) in [4.78, 5) is 21.9. The highest BCUT2D eigenvalue weighted by Crippen LogP contribution is 2.29. The van der Waals surface area contributed by atoms with E-state index in [1.54, 1.807) is 31.6 Å². The molecule has 0 radical (unpaired) electrons. The van der Waals surface area contributed by atoms with Crippen molar-refractivity contribution in [1.29, 1.82) is 0 Å². The van der Waals surface area contributed by atoms with Crippen molar-refractivity contribution >= 4 is 5.91 Å². The first-order valence-electron chi connectivity index (χ1n) is 8.46. The SMILES string of the molecule is CN(Cc1ccc(C(F)(F)F)cc1)C(=O)CCc1nc(-c2ccncc2)no1. The Morgan fingerprint density at radius 2 is 1.79 bits per heavy atom. The van der Waals surface area contributed by atoms with Gasteiger partial charge >= 0.3 is 6.18 Å². The van der Waals surface area contributed by atoms with Gasteiger partial charge in [0.1, 0.15) is 0 Å². The van der Waals surface area contributed by atoms with E-state index in [1.165, 1.54) is 17.0 Å². The van der Waals surface area contributed by atoms with Crippen LogP contribution in [-0.4, -0.2) is 33.0 Å². The zero-order valence-corrected chi connectivity index (χ0v) is 15.0. The first kappa shape index (κ1) is 19.5. The number of amides is 1. The number of pyridine rings is 1. The highest BCUT2D eigenvalue weighted by molar-refractivity contribution is 5.76. The predicted molar refractivity (Wildman–Crippen MR) is 93.8 cm³/mol. The van der Waals surface area contributed by atoms with Gasteiger partial charge in [-0.1, -0.05) is 17.3 Å². The highest BCUT2D eigenvalue weighted by atomic mass is 19.4. The fourth-order valence-electron chi connectivity index (χ4n) is 2.54. The zero-order chi connectivity index (χ0) is 20.1. The molecule has 2 aromatic heterocycles. The summed E-state index contributed by atoms with van der Waals surface area (Å²) in [5.74, 6) is 0.578. The molecule has 0 fully saturated rings. The van der Waals surface area contributed by atoms with Crippen LogP contribution in [0.2, 0.25) is 0 Å². The fourth-order valence-corrected chi connectivity index (χ4v) is 2.54. The summed E-state index contributed by atoms with van der Waals surface area (Å²) >= 11 is 0. The predicted octanol–water partition coefficient (Wildman–Crippen LogP) is 3.74. The van der Waals surface area contributed by atoms with Crippen molar-refractivity contribution in [3.63, 3.8) is 0 Å². The zero-order valence-electron chi connectivity index (χ0n) is 15.0. The lowest BCUT2D eigenvalue weighted by Gasteiger charge is -2.17. The van der Waals surface area contributed by atoms with Gasteiger partial charge in [0.25, 0.3) is 0 Å². The third-order valence-electron chi connectivity index (χ3n) is 4.09. The van der Waals surface area contributed by atoms with Crippen LogP contribution in [0, 0.1) is 0 Å². The van der Waals surface area contributed by atoms with Gasteiger partial charge in [0, 0.05) is 44.4 Å². The molecule has 28 heavy (non-hydrogen) atoms. The summed E-state index contributed by atoms with van der Waals surface area (Å²) in [7, 11) is 1.59. The molecule has 9 heteroatoms. The molecule has 0 aliphatic carbocycles. The molecule has 0 saturated heterocycles. The van der Waals surface area contributed by atoms with E-state index < -0.39 is 11.7 Å². The first-order chi connectivity index (χ1) is 13.3. The maximum atomic E-state index is 12.6. The van der Waals surface area contributed by atoms with Gasteiger partial charge in [-0.3, -0.25) is 9.78 Å². The molecule has 0 aliphatic rings. The Kier molecular flexibility index (Phi) is 5.72. The van der Waals surface area contributed by atoms with Crippen molar-refractivity contribution in [1.82, 2.24) is 20.0 Å². The molecule has 0 aliphatic heterocycles. The van der Waals surface area contributed by atoms with Crippen molar-refractivity contribution in [3.8, 4) is 11.4 Å². The van der Waals surface area contributed by atoms with Crippen molar-refractivity contribution in [3.05, 3.63) is 65.8 Å². The number of rotatable bonds is 6. The van der Waals surface area contributed by atoms with Crippen LogP contribution in [0.25, 0.3) is 11.4 Å². The number of aryl methyl sites for hydroxylation is 1. The van der Waals surface area contributed by atoms with E-state index in [2.05, 4.69) is 15.1 Å². The summed E-state index contributed by atoms with van der Waals surface area (Å²) in [5.41, 5.74) is 0.656. The molecule has 2 heterocycles. The third-order valence-corrected chi connectivity index (χ3v) is 4.09. The summed E-state index contributed by atoms with van der Waals surface area (Å²) < 4.78 is 42.9. The Bertz CT molecular complexity index is 924. The van der Waals surface area contributed by atoms with E-state index in [0.717, 1.165) is 17.7 Å². The lowest BCUT2D eigenvalue weighted by atomic mass is 10.1. The Morgan fingerprint density at radius 3 is 2.43 bits per heavy atom. The Balaban J connectivity index is 1.53. The van der Waals surface area contributed by atoms with E-state index in [9.17, 15) is 18.0 Å². The van der Waals surface area contributed by atoms with Crippen LogP contribution >= 0.6 is 0 Å². The van der Waals surface area contributed by atoms with Gasteiger partial charge in [-0.25, -0.2) is 0 Å². The number of carbonyl (C=O) groups excluding carboxylic acids is 1. The molecule has 3 aromatic rings. The molecule has 0 spiro atoms. The van der Waals surface area contributed by atoms with Gasteiger partial charge in [0.2, 0.25) is 17.6 Å². The molecular weight excluding hydrogens is 373 g/mol. The van der Waals surface area contributed by atoms with Gasteiger partial charge in [0.05, 0.1) is 5.56 Å². The molecule has 1 aromatic carbocycles. The Hall–Kier alpha value is -3.23. The molecule has 0 N–H and O–H groups in total. The first-order valence-corrected chi connectivity index (χ1v) is 8.46. The molecule has 6 nitrogen and oxygen atoms in total. The van der Waals surface area contributed by atoms with Crippen LogP contribution in [0.15, 0.2) is 53.3 Å². The highest BCUT2D eigenvalue weighted by Gasteiger charge is 2.30. The minimum Gasteiger partial charge on any atom is -0.341 e. The van der Waals surface area contributed by atoms with E-state index in [4.69, 9.17) is 4.52 Å². The lowest BCUT2D eigenvalue weighted by Crippen LogP contribution is -2.26. The van der Waals surface area contributed by atoms with Crippen LogP contribution in [0.4, 0.5) is 13.2 Å². The second-order valence-electron chi connectivity index (χ2n) is 6.19. The minimum atomic E-state index is -4.38. The number of nitrogens with zero attached hydrogens (tertiary/aromatic N) is 4. The summed E-state index contributed by atoms with van der Waals surface area (Å²) in [6, 6.07) is 8.24. The van der Waals surface area contributed by atoms with Crippen LogP contribution < -0.4 is 0 Å². The smallest absolute Gasteiger partial charge is 0.341 e. The number of halogens is 3. The van der Waals surface area contributed by atoms with Gasteiger partial charge in [0.15, 0.2) is 0 Å². The van der Waals surface area contributed by atoms with Crippen molar-refractivity contribution in [2.75, 3.05) is 7.05 Å².